The van der Waals surface area contributed by atoms with Crippen LogP contribution in [0.2, 0.25) is 0 Å². The van der Waals surface area contributed by atoms with Gasteiger partial charge >= 0.3 is 0 Å². The fourth-order valence-electron chi connectivity index (χ4n) is 1.68. The van der Waals surface area contributed by atoms with E-state index in [0.717, 1.165) is 5.56 Å². The number of carbonyl (C=O) groups is 1. The summed E-state index contributed by atoms with van der Waals surface area (Å²) < 4.78 is 7.22. The van der Waals surface area contributed by atoms with Crippen LogP contribution in [0.5, 0.6) is 5.75 Å². The Kier molecular flexibility index (Phi) is 3.85. The summed E-state index contributed by atoms with van der Waals surface area (Å²) in [7, 11) is 1.79. The summed E-state index contributed by atoms with van der Waals surface area (Å²) >= 11 is 0. The number of amides is 1. The minimum Gasteiger partial charge on any atom is -0.481 e. The molecular weight excluding hydrogens is 242 g/mol. The van der Waals surface area contributed by atoms with Gasteiger partial charge in [-0.3, -0.25) is 9.48 Å². The minimum atomic E-state index is -0.568. The molecular formula is C14H17N3O2. The van der Waals surface area contributed by atoms with Crippen LogP contribution in [0.3, 0.4) is 0 Å². The van der Waals surface area contributed by atoms with Crippen LogP contribution in [-0.4, -0.2) is 21.8 Å². The number of hydrogen-bond donors (Lipinski definition) is 1. The van der Waals surface area contributed by atoms with Crippen LogP contribution >= 0.6 is 0 Å². The number of aromatic nitrogens is 2. The molecule has 1 N–H and O–H groups in total. The van der Waals surface area contributed by atoms with Crippen molar-refractivity contribution in [2.45, 2.75) is 20.0 Å². The summed E-state index contributed by atoms with van der Waals surface area (Å²) in [5.74, 6) is 0.489. The molecule has 1 aromatic heterocycles. The zero-order chi connectivity index (χ0) is 13.8. The van der Waals surface area contributed by atoms with Crippen molar-refractivity contribution in [3.05, 3.63) is 42.2 Å². The predicted molar refractivity (Wildman–Crippen MR) is 73.1 cm³/mol. The molecule has 2 aromatic rings. The fraction of sp³-hybridized carbons (Fsp3) is 0.286. The lowest BCUT2D eigenvalue weighted by molar-refractivity contribution is -0.122. The van der Waals surface area contributed by atoms with Crippen molar-refractivity contribution in [2.24, 2.45) is 7.05 Å². The van der Waals surface area contributed by atoms with Gasteiger partial charge in [-0.25, -0.2) is 0 Å². The third-order valence-electron chi connectivity index (χ3n) is 2.64. The van der Waals surface area contributed by atoms with Crippen molar-refractivity contribution in [3.63, 3.8) is 0 Å². The number of aryl methyl sites for hydroxylation is 2. The normalized spacial score (nSPS) is 11.9. The van der Waals surface area contributed by atoms with E-state index in [1.165, 1.54) is 0 Å². The minimum absolute atomic E-state index is 0.200. The summed E-state index contributed by atoms with van der Waals surface area (Å²) in [6, 6.07) is 7.61. The van der Waals surface area contributed by atoms with Crippen LogP contribution in [0.25, 0.3) is 0 Å². The summed E-state index contributed by atoms with van der Waals surface area (Å²) in [4.78, 5) is 11.9. The van der Waals surface area contributed by atoms with E-state index in [0.29, 0.717) is 11.4 Å². The van der Waals surface area contributed by atoms with Gasteiger partial charge in [-0.2, -0.15) is 5.10 Å². The van der Waals surface area contributed by atoms with Crippen molar-refractivity contribution in [2.75, 3.05) is 5.32 Å². The third kappa shape index (κ3) is 3.58. The molecule has 19 heavy (non-hydrogen) atoms. The monoisotopic (exact) mass is 259 g/mol. The molecule has 1 heterocycles. The lowest BCUT2D eigenvalue weighted by Gasteiger charge is -2.14. The van der Waals surface area contributed by atoms with E-state index in [2.05, 4.69) is 10.4 Å². The molecule has 2 rings (SSSR count). The van der Waals surface area contributed by atoms with E-state index in [-0.39, 0.29) is 5.91 Å². The summed E-state index contributed by atoms with van der Waals surface area (Å²) in [5.41, 5.74) is 1.75. The summed E-state index contributed by atoms with van der Waals surface area (Å²) in [6.45, 7) is 3.70. The maximum atomic E-state index is 11.9. The Labute approximate surface area is 112 Å². The highest BCUT2D eigenvalue weighted by Gasteiger charge is 2.15. The van der Waals surface area contributed by atoms with Crippen molar-refractivity contribution < 1.29 is 9.53 Å². The molecule has 1 aromatic carbocycles. The molecule has 0 saturated carbocycles. The largest absolute Gasteiger partial charge is 0.481 e. The van der Waals surface area contributed by atoms with E-state index in [1.54, 1.807) is 31.0 Å². The molecule has 0 aliphatic carbocycles. The van der Waals surface area contributed by atoms with Crippen LogP contribution < -0.4 is 10.1 Å². The molecule has 0 spiro atoms. The fourth-order valence-corrected chi connectivity index (χ4v) is 1.68. The van der Waals surface area contributed by atoms with Gasteiger partial charge in [0.1, 0.15) is 5.75 Å². The van der Waals surface area contributed by atoms with E-state index in [4.69, 9.17) is 4.74 Å². The van der Waals surface area contributed by atoms with Crippen molar-refractivity contribution >= 4 is 11.6 Å². The molecule has 100 valence electrons. The van der Waals surface area contributed by atoms with Gasteiger partial charge in [0.2, 0.25) is 0 Å². The van der Waals surface area contributed by atoms with Gasteiger partial charge in [0.25, 0.3) is 5.91 Å². The number of benzene rings is 1. The van der Waals surface area contributed by atoms with Gasteiger partial charge in [-0.05, 0) is 31.5 Å². The van der Waals surface area contributed by atoms with E-state index in [1.807, 2.05) is 31.2 Å². The summed E-state index contributed by atoms with van der Waals surface area (Å²) in [5, 5.41) is 6.74. The Bertz CT molecular complexity index is 578. The zero-order valence-electron chi connectivity index (χ0n) is 11.3. The number of anilines is 1. The van der Waals surface area contributed by atoms with Gasteiger partial charge in [0.05, 0.1) is 11.9 Å². The van der Waals surface area contributed by atoms with Crippen molar-refractivity contribution in [1.82, 2.24) is 9.78 Å². The SMILES string of the molecule is Cc1cccc(O[C@@H](C)C(=O)Nc2cnn(C)c2)c1. The molecule has 0 bridgehead atoms. The first-order valence-corrected chi connectivity index (χ1v) is 6.07. The highest BCUT2D eigenvalue weighted by atomic mass is 16.5. The first kappa shape index (κ1) is 13.1. The lowest BCUT2D eigenvalue weighted by Crippen LogP contribution is -2.30. The van der Waals surface area contributed by atoms with E-state index < -0.39 is 6.10 Å². The number of nitrogens with zero attached hydrogens (tertiary/aromatic N) is 2. The van der Waals surface area contributed by atoms with Crippen LogP contribution in [0, 0.1) is 6.92 Å². The molecule has 0 saturated heterocycles. The summed E-state index contributed by atoms with van der Waals surface area (Å²) in [6.07, 6.45) is 2.76. The third-order valence-corrected chi connectivity index (χ3v) is 2.64. The number of nitrogens with one attached hydrogen (secondary N) is 1. The second-order valence-corrected chi connectivity index (χ2v) is 4.47. The molecule has 5 heteroatoms. The second-order valence-electron chi connectivity index (χ2n) is 4.47. The second kappa shape index (κ2) is 5.56. The van der Waals surface area contributed by atoms with Crippen LogP contribution in [0.15, 0.2) is 36.7 Å². The van der Waals surface area contributed by atoms with Gasteiger partial charge < -0.3 is 10.1 Å². The van der Waals surface area contributed by atoms with Gasteiger partial charge in [0, 0.05) is 13.2 Å². The highest BCUT2D eigenvalue weighted by molar-refractivity contribution is 5.93. The lowest BCUT2D eigenvalue weighted by atomic mass is 10.2. The average molecular weight is 259 g/mol. The Morgan fingerprint density at radius 3 is 2.89 bits per heavy atom. The highest BCUT2D eigenvalue weighted by Crippen LogP contribution is 2.15. The molecule has 1 amide bonds. The first-order valence-electron chi connectivity index (χ1n) is 6.07. The molecule has 0 unspecified atom stereocenters. The maximum Gasteiger partial charge on any atom is 0.265 e. The van der Waals surface area contributed by atoms with Crippen molar-refractivity contribution in [1.29, 1.82) is 0 Å². The predicted octanol–water partition coefficient (Wildman–Crippen LogP) is 2.13. The van der Waals surface area contributed by atoms with Gasteiger partial charge in [-0.1, -0.05) is 12.1 Å². The quantitative estimate of drug-likeness (QED) is 0.915. The van der Waals surface area contributed by atoms with Gasteiger partial charge in [0.15, 0.2) is 6.10 Å². The Hall–Kier alpha value is -2.30. The van der Waals surface area contributed by atoms with Crippen LogP contribution in [0.1, 0.15) is 12.5 Å². The van der Waals surface area contributed by atoms with Crippen molar-refractivity contribution in [3.8, 4) is 5.75 Å². The number of carbonyl (C=O) groups excluding carboxylic acids is 1. The standard InChI is InChI=1S/C14H17N3O2/c1-10-5-4-6-13(7-10)19-11(2)14(18)16-12-8-15-17(3)9-12/h4-9,11H,1-3H3,(H,16,18)/t11-/m0/s1. The van der Waals surface area contributed by atoms with Crippen LogP contribution in [0.4, 0.5) is 5.69 Å². The molecule has 1 atom stereocenters. The van der Waals surface area contributed by atoms with E-state index >= 15 is 0 Å². The molecule has 0 aliphatic heterocycles. The first-order chi connectivity index (χ1) is 9.04. The van der Waals surface area contributed by atoms with Gasteiger partial charge in [-0.15, -0.1) is 0 Å². The topological polar surface area (TPSA) is 56.1 Å². The Morgan fingerprint density at radius 2 is 2.26 bits per heavy atom. The number of hydrogen-bond acceptors (Lipinski definition) is 3. The Balaban J connectivity index is 1.96. The molecule has 0 fully saturated rings. The molecule has 0 aliphatic rings. The number of ether oxygens (including phenoxy) is 1. The zero-order valence-corrected chi connectivity index (χ0v) is 11.3. The molecule has 5 nitrogen and oxygen atoms in total. The smallest absolute Gasteiger partial charge is 0.265 e. The van der Waals surface area contributed by atoms with Crippen LogP contribution in [-0.2, 0) is 11.8 Å². The molecule has 0 radical (unpaired) electrons. The Morgan fingerprint density at radius 1 is 1.47 bits per heavy atom. The van der Waals surface area contributed by atoms with E-state index in [9.17, 15) is 4.79 Å². The number of rotatable bonds is 4. The maximum absolute atomic E-state index is 11.9. The average Bonchev–Trinajstić information content (AvgIpc) is 2.74.